The van der Waals surface area contributed by atoms with Gasteiger partial charge < -0.3 is 24.4 Å². The lowest BCUT2D eigenvalue weighted by Gasteiger charge is -2.25. The second kappa shape index (κ2) is 15.9. The van der Waals surface area contributed by atoms with Crippen molar-refractivity contribution in [3.8, 4) is 16.9 Å². The third-order valence-electron chi connectivity index (χ3n) is 8.13. The monoisotopic (exact) mass is 760 g/mol. The molecule has 0 radical (unpaired) electrons. The molecule has 2 heterocycles. The number of benzene rings is 3. The molecule has 3 amide bonds. The maximum atomic E-state index is 13.7. The maximum absolute atomic E-state index is 13.7. The molecule has 0 fully saturated rings. The first-order valence-electron chi connectivity index (χ1n) is 16.8. The van der Waals surface area contributed by atoms with Gasteiger partial charge in [0.1, 0.15) is 23.8 Å². The molecule has 5 rings (SSSR count). The van der Waals surface area contributed by atoms with Crippen LogP contribution in [0.3, 0.4) is 0 Å². The van der Waals surface area contributed by atoms with E-state index in [0.717, 1.165) is 22.3 Å². The van der Waals surface area contributed by atoms with E-state index in [1.165, 1.54) is 53.9 Å². The number of hydrogen-bond acceptors (Lipinski definition) is 10. The number of rotatable bonds is 11. The normalized spacial score (nSPS) is 12.1. The largest absolute Gasteiger partial charge is 0.495 e. The van der Waals surface area contributed by atoms with Crippen molar-refractivity contribution in [3.05, 3.63) is 96.4 Å². The molecule has 5 aromatic rings. The average molecular weight is 761 g/mol. The van der Waals surface area contributed by atoms with Crippen molar-refractivity contribution >= 4 is 50.9 Å². The smallest absolute Gasteiger partial charge is 0.421 e. The number of halogens is 1. The van der Waals surface area contributed by atoms with Crippen LogP contribution in [0.2, 0.25) is 0 Å². The molecule has 0 aliphatic heterocycles. The number of methoxy groups -OCH3 is 1. The van der Waals surface area contributed by atoms with E-state index in [2.05, 4.69) is 15.4 Å². The summed E-state index contributed by atoms with van der Waals surface area (Å²) < 4.78 is 55.8. The molecule has 3 aromatic carbocycles. The molecule has 0 saturated carbocycles. The molecule has 54 heavy (non-hydrogen) atoms. The minimum atomic E-state index is -3.62. The highest BCUT2D eigenvalue weighted by Crippen LogP contribution is 2.35. The van der Waals surface area contributed by atoms with E-state index in [4.69, 9.17) is 14.2 Å². The Bertz CT molecular complexity index is 2270. The Morgan fingerprint density at radius 2 is 1.61 bits per heavy atom. The van der Waals surface area contributed by atoms with Crippen molar-refractivity contribution in [2.24, 2.45) is 0 Å². The zero-order valence-electron chi connectivity index (χ0n) is 30.9. The number of carbonyl (C=O) groups is 3. The first-order valence-corrected chi connectivity index (χ1v) is 18.6. The average Bonchev–Trinajstić information content (AvgIpc) is 3.53. The van der Waals surface area contributed by atoms with Gasteiger partial charge in [0.15, 0.2) is 15.5 Å². The molecular formula is C38H41FN6O8S. The highest BCUT2D eigenvalue weighted by atomic mass is 32.2. The van der Waals surface area contributed by atoms with Gasteiger partial charge in [-0.25, -0.2) is 31.8 Å². The van der Waals surface area contributed by atoms with Gasteiger partial charge in [0.05, 0.1) is 30.2 Å². The highest BCUT2D eigenvalue weighted by Gasteiger charge is 2.29. The molecule has 0 aliphatic carbocycles. The lowest BCUT2D eigenvalue weighted by atomic mass is 10.00. The number of pyridine rings is 1. The number of nitrogens with zero attached hydrogens (tertiary/aromatic N) is 5. The molecule has 16 heteroatoms. The SMILES string of the molecule is COc1cc(S(C)(=O)=O)ccc1N(C(=O)OCCN(C)C(=O)OC(C)(C)C)c1nc2ccc(-c3ccc(NC(=O)[C@H](C)c4ccc(F)cc4)cc3)cn2n1. The van der Waals surface area contributed by atoms with E-state index >= 15 is 0 Å². The van der Waals surface area contributed by atoms with Crippen LogP contribution in [0.5, 0.6) is 5.75 Å². The Balaban J connectivity index is 1.39. The number of likely N-dealkylation sites (N-methyl/N-ethyl adjacent to an activating group) is 1. The fourth-order valence-electron chi connectivity index (χ4n) is 5.16. The van der Waals surface area contributed by atoms with Crippen LogP contribution in [0.15, 0.2) is 90.0 Å². The van der Waals surface area contributed by atoms with E-state index in [1.807, 2.05) is 18.2 Å². The number of amides is 3. The zero-order chi connectivity index (χ0) is 39.4. The van der Waals surface area contributed by atoms with Gasteiger partial charge in [0, 0.05) is 36.8 Å². The lowest BCUT2D eigenvalue weighted by Crippen LogP contribution is -2.37. The molecule has 14 nitrogen and oxygen atoms in total. The minimum Gasteiger partial charge on any atom is -0.495 e. The van der Waals surface area contributed by atoms with Crippen LogP contribution in [-0.2, 0) is 24.1 Å². The summed E-state index contributed by atoms with van der Waals surface area (Å²) in [5.41, 5.74) is 2.57. The molecule has 0 spiro atoms. The number of fused-ring (bicyclic) bond motifs is 1. The Labute approximate surface area is 312 Å². The standard InChI is InChI=1S/C38H41FN6O8S/c1-24(25-8-13-28(39)14-9-25)34(46)40-29-15-10-26(11-16-29)27-12-19-33-41-35(42-44(33)23-27)45(31-18-17-30(54(7,49)50)22-32(31)51-6)37(48)52-21-20-43(5)36(47)53-38(2,3)4/h8-19,22-24H,20-21H2,1-7H3,(H,40,46)/t24-/m1/s1. The topological polar surface area (TPSA) is 162 Å². The molecule has 0 saturated heterocycles. The summed E-state index contributed by atoms with van der Waals surface area (Å²) in [4.78, 5) is 45.8. The first kappa shape index (κ1) is 39.2. The van der Waals surface area contributed by atoms with E-state index in [0.29, 0.717) is 16.9 Å². The van der Waals surface area contributed by atoms with Gasteiger partial charge in [0.2, 0.25) is 5.91 Å². The van der Waals surface area contributed by atoms with Gasteiger partial charge in [-0.2, -0.15) is 4.98 Å². The van der Waals surface area contributed by atoms with Crippen LogP contribution in [0.4, 0.5) is 31.3 Å². The molecular weight excluding hydrogens is 720 g/mol. The van der Waals surface area contributed by atoms with Crippen LogP contribution < -0.4 is 15.0 Å². The summed E-state index contributed by atoms with van der Waals surface area (Å²) >= 11 is 0. The second-order valence-electron chi connectivity index (χ2n) is 13.4. The predicted octanol–water partition coefficient (Wildman–Crippen LogP) is 6.83. The summed E-state index contributed by atoms with van der Waals surface area (Å²) in [6.45, 7) is 6.75. The van der Waals surface area contributed by atoms with Crippen molar-refractivity contribution in [2.75, 3.05) is 43.8 Å². The number of carbonyl (C=O) groups excluding carboxylic acids is 3. The summed E-state index contributed by atoms with van der Waals surface area (Å²) in [7, 11) is -0.779. The third-order valence-corrected chi connectivity index (χ3v) is 9.24. The van der Waals surface area contributed by atoms with Crippen LogP contribution in [0.1, 0.15) is 39.2 Å². The molecule has 0 unspecified atom stereocenters. The van der Waals surface area contributed by atoms with Crippen molar-refractivity contribution in [3.63, 3.8) is 0 Å². The zero-order valence-corrected chi connectivity index (χ0v) is 31.7. The number of nitrogens with one attached hydrogen (secondary N) is 1. The second-order valence-corrected chi connectivity index (χ2v) is 15.4. The molecule has 1 atom stereocenters. The molecule has 2 aromatic heterocycles. The maximum Gasteiger partial charge on any atom is 0.421 e. The number of aromatic nitrogens is 3. The summed E-state index contributed by atoms with van der Waals surface area (Å²) in [5.74, 6) is -1.18. The number of ether oxygens (including phenoxy) is 3. The van der Waals surface area contributed by atoms with Crippen molar-refractivity contribution in [1.29, 1.82) is 0 Å². The molecule has 0 aliphatic rings. The first-order chi connectivity index (χ1) is 25.4. The van der Waals surface area contributed by atoms with Crippen LogP contribution in [-0.4, -0.2) is 85.2 Å². The van der Waals surface area contributed by atoms with Crippen molar-refractivity contribution < 1.29 is 41.4 Å². The number of sulfone groups is 1. The Morgan fingerprint density at radius 1 is 0.944 bits per heavy atom. The van der Waals surface area contributed by atoms with Gasteiger partial charge in [-0.15, -0.1) is 5.10 Å². The minimum absolute atomic E-state index is 0.0103. The fraction of sp³-hybridized carbons (Fsp3) is 0.289. The van der Waals surface area contributed by atoms with Crippen LogP contribution in [0.25, 0.3) is 16.8 Å². The van der Waals surface area contributed by atoms with E-state index in [1.54, 1.807) is 64.2 Å². The van der Waals surface area contributed by atoms with Gasteiger partial charge in [0.25, 0.3) is 5.95 Å². The summed E-state index contributed by atoms with van der Waals surface area (Å²) in [5, 5.41) is 7.44. The highest BCUT2D eigenvalue weighted by molar-refractivity contribution is 7.90. The van der Waals surface area contributed by atoms with Gasteiger partial charge in [-0.1, -0.05) is 24.3 Å². The van der Waals surface area contributed by atoms with Gasteiger partial charge in [-0.05, 0) is 87.4 Å². The molecule has 1 N–H and O–H groups in total. The van der Waals surface area contributed by atoms with Gasteiger partial charge >= 0.3 is 12.2 Å². The quantitative estimate of drug-likeness (QED) is 0.151. The molecule has 0 bridgehead atoms. The van der Waals surface area contributed by atoms with Crippen LogP contribution >= 0.6 is 0 Å². The van der Waals surface area contributed by atoms with Crippen molar-refractivity contribution in [2.45, 2.75) is 44.1 Å². The summed E-state index contributed by atoms with van der Waals surface area (Å²) in [6.07, 6.45) is 1.25. The van der Waals surface area contributed by atoms with Gasteiger partial charge in [-0.3, -0.25) is 4.79 Å². The van der Waals surface area contributed by atoms with Crippen LogP contribution in [0, 0.1) is 5.82 Å². The predicted molar refractivity (Wildman–Crippen MR) is 200 cm³/mol. The Morgan fingerprint density at radius 3 is 2.24 bits per heavy atom. The molecule has 284 valence electrons. The number of hydrogen-bond donors (Lipinski definition) is 1. The van der Waals surface area contributed by atoms with E-state index < -0.39 is 33.5 Å². The lowest BCUT2D eigenvalue weighted by molar-refractivity contribution is -0.117. The summed E-state index contributed by atoms with van der Waals surface area (Å²) in [6, 6.07) is 20.5. The Kier molecular flexibility index (Phi) is 11.5. The number of anilines is 3. The van der Waals surface area contributed by atoms with E-state index in [-0.39, 0.29) is 47.2 Å². The fourth-order valence-corrected chi connectivity index (χ4v) is 5.80. The van der Waals surface area contributed by atoms with E-state index in [9.17, 15) is 27.2 Å². The van der Waals surface area contributed by atoms with Crippen molar-refractivity contribution in [1.82, 2.24) is 19.5 Å². The Hall–Kier alpha value is -6.03. The third kappa shape index (κ3) is 9.49.